The maximum absolute atomic E-state index is 13.0. The van der Waals surface area contributed by atoms with Crippen LogP contribution in [0.4, 0.5) is 22.1 Å². The third-order valence-electron chi connectivity index (χ3n) is 12.1. The van der Waals surface area contributed by atoms with Gasteiger partial charge in [-0.1, -0.05) is 19.7 Å². The van der Waals surface area contributed by atoms with E-state index in [1.165, 1.54) is 40.2 Å². The van der Waals surface area contributed by atoms with Crippen molar-refractivity contribution in [1.29, 1.82) is 0 Å². The number of aliphatic hydroxyl groups is 8. The third-order valence-corrected chi connectivity index (χ3v) is 12.1. The zero-order valence-corrected chi connectivity index (χ0v) is 40.3. The number of nitrogens with one attached hydrogen (secondary N) is 3. The highest BCUT2D eigenvalue weighted by Gasteiger charge is 2.43. The predicted molar refractivity (Wildman–Crippen MR) is 265 cm³/mol. The van der Waals surface area contributed by atoms with Crippen molar-refractivity contribution in [2.45, 2.75) is 73.7 Å². The Morgan fingerprint density at radius 2 is 0.974 bits per heavy atom. The topological polar surface area (TPSA) is 494 Å². The summed E-state index contributed by atoms with van der Waals surface area (Å²) in [6, 6.07) is 2.59. The summed E-state index contributed by atoms with van der Waals surface area (Å²) in [6.45, 7) is 8.73. The number of aromatic amines is 3. The summed E-state index contributed by atoms with van der Waals surface area (Å²) < 4.78 is 39.6. The number of imidazole rings is 2. The van der Waals surface area contributed by atoms with E-state index in [1.807, 2.05) is 0 Å². The van der Waals surface area contributed by atoms with Crippen molar-refractivity contribution >= 4 is 40.0 Å². The minimum Gasteiger partial charge on any atom is -0.394 e. The van der Waals surface area contributed by atoms with E-state index in [-0.39, 0.29) is 76.3 Å². The van der Waals surface area contributed by atoms with Crippen LogP contribution in [0.25, 0.3) is 22.3 Å². The fourth-order valence-corrected chi connectivity index (χ4v) is 8.24. The van der Waals surface area contributed by atoms with Gasteiger partial charge in [0.1, 0.15) is 54.6 Å². The molecule has 4 saturated heterocycles. The molecule has 33 heteroatoms. The summed E-state index contributed by atoms with van der Waals surface area (Å²) in [5.41, 5.74) is 22.3. The fraction of sp³-hybridized carbons (Fsp3) is 0.356. The highest BCUT2D eigenvalue weighted by atomic mass is 19.1. The van der Waals surface area contributed by atoms with Crippen LogP contribution in [-0.2, 0) is 18.9 Å². The number of nitrogens with two attached hydrogens (primary N) is 3. The van der Waals surface area contributed by atoms with Gasteiger partial charge in [-0.05, 0) is 6.07 Å². The van der Waals surface area contributed by atoms with Gasteiger partial charge < -0.3 is 77.0 Å². The Bertz CT molecular complexity index is 3700. The minimum absolute atomic E-state index is 0.00736. The van der Waals surface area contributed by atoms with Crippen molar-refractivity contribution < 1.29 is 64.2 Å². The summed E-state index contributed by atoms with van der Waals surface area (Å²) >= 11 is 0. The molecule has 6 aromatic rings. The number of H-pyrrole nitrogens is 3. The molecule has 10 heterocycles. The van der Waals surface area contributed by atoms with Crippen LogP contribution in [0, 0.1) is 0 Å². The number of aromatic nitrogens is 12. The highest BCUT2D eigenvalue weighted by Crippen LogP contribution is 2.37. The molecule has 6 aromatic heterocycles. The molecule has 414 valence electrons. The van der Waals surface area contributed by atoms with E-state index in [0.717, 1.165) is 15.2 Å². The molecule has 4 fully saturated rings. The van der Waals surface area contributed by atoms with E-state index < -0.39 is 115 Å². The number of fused-ring (bicyclic) bond motifs is 2. The first-order chi connectivity index (χ1) is 37.3. The number of rotatable bonds is 8. The number of anilines is 3. The van der Waals surface area contributed by atoms with Gasteiger partial charge in [0.15, 0.2) is 47.2 Å². The predicted octanol–water partition coefficient (Wildman–Crippen LogP) is -5.24. The van der Waals surface area contributed by atoms with Gasteiger partial charge in [0.05, 0.1) is 62.1 Å². The first kappa shape index (κ1) is 57.1. The summed E-state index contributed by atoms with van der Waals surface area (Å²) in [7, 11) is 0. The van der Waals surface area contributed by atoms with E-state index in [2.05, 4.69) is 76.8 Å². The first-order valence-corrected chi connectivity index (χ1v) is 22.7. The van der Waals surface area contributed by atoms with E-state index >= 15 is 0 Å². The van der Waals surface area contributed by atoms with Gasteiger partial charge in [0.25, 0.3) is 16.7 Å². The molecule has 78 heavy (non-hydrogen) atoms. The van der Waals surface area contributed by atoms with Gasteiger partial charge in [0.2, 0.25) is 11.9 Å². The molecule has 0 spiro atoms. The number of aliphatic hydroxyl groups excluding tert-OH is 8. The molecule has 0 aromatic carbocycles. The minimum atomic E-state index is -1.30. The molecule has 0 aliphatic carbocycles. The van der Waals surface area contributed by atoms with Crippen LogP contribution < -0.4 is 45.3 Å². The zero-order valence-electron chi connectivity index (χ0n) is 40.3. The first-order valence-electron chi connectivity index (χ1n) is 22.7. The third kappa shape index (κ3) is 11.1. The SMILES string of the molecule is C=C=C1[C@H](n2ccc(=O)[nH]c2=O)O[C@H](CO)[C@H]1O.C=C=C1[C@H](n2ccc(N)nc2=O)O[C@H](CO)[C@H]1O.C=C=C1[C@H](n2cnc3c(=O)[nH]c(N)nc32)O[C@H](CO)[C@H]1O.Nc1nc2c(ncn2[C@@H]2O[C@H](CO)[C@@H](O)C2=CF)c(=O)[nH]1. The van der Waals surface area contributed by atoms with Crippen LogP contribution in [0.2, 0.25) is 0 Å². The molecule has 12 atom stereocenters. The summed E-state index contributed by atoms with van der Waals surface area (Å²) in [4.78, 5) is 83.8. The van der Waals surface area contributed by atoms with E-state index in [0.29, 0.717) is 5.57 Å². The number of halogens is 1. The van der Waals surface area contributed by atoms with Crippen LogP contribution in [0.3, 0.4) is 0 Å². The van der Waals surface area contributed by atoms with Gasteiger partial charge in [-0.25, -0.2) is 23.9 Å². The maximum Gasteiger partial charge on any atom is 0.351 e. The second kappa shape index (κ2) is 24.2. The lowest BCUT2D eigenvalue weighted by atomic mass is 10.1. The van der Waals surface area contributed by atoms with Crippen LogP contribution in [0.15, 0.2) is 127 Å². The second-order valence-electron chi connectivity index (χ2n) is 16.7. The van der Waals surface area contributed by atoms with E-state index in [4.69, 9.17) is 51.5 Å². The number of hydrogen-bond donors (Lipinski definition) is 14. The van der Waals surface area contributed by atoms with Crippen LogP contribution in [-0.4, -0.2) is 174 Å². The van der Waals surface area contributed by atoms with Crippen molar-refractivity contribution in [3.05, 3.63) is 155 Å². The molecule has 10 rings (SSSR count). The van der Waals surface area contributed by atoms with Crippen LogP contribution >= 0.6 is 0 Å². The lowest BCUT2D eigenvalue weighted by Crippen LogP contribution is -2.32. The van der Waals surface area contributed by atoms with E-state index in [1.54, 1.807) is 0 Å². The normalized spacial score (nSPS) is 26.9. The van der Waals surface area contributed by atoms with Crippen molar-refractivity contribution in [3.8, 4) is 0 Å². The Hall–Kier alpha value is -8.59. The number of ether oxygens (including phenoxy) is 4. The Morgan fingerprint density at radius 1 is 0.577 bits per heavy atom. The average molecular weight is 1090 g/mol. The van der Waals surface area contributed by atoms with E-state index in [9.17, 15) is 53.9 Å². The van der Waals surface area contributed by atoms with Gasteiger partial charge in [-0.15, -0.1) is 17.2 Å². The molecule has 0 saturated carbocycles. The number of nitrogens with zero attached hydrogens (tertiary/aromatic N) is 9. The summed E-state index contributed by atoms with van der Waals surface area (Å²) in [5, 5.41) is 76.0. The fourth-order valence-electron chi connectivity index (χ4n) is 8.24. The van der Waals surface area contributed by atoms with Crippen LogP contribution in [0.5, 0.6) is 0 Å². The van der Waals surface area contributed by atoms with Crippen LogP contribution in [0.1, 0.15) is 24.9 Å². The summed E-state index contributed by atoms with van der Waals surface area (Å²) in [5.74, 6) is -0.0921. The Balaban J connectivity index is 0.000000151. The quantitative estimate of drug-likeness (QED) is 0.0633. The molecular formula is C45H50FN15O17. The molecule has 4 aliphatic heterocycles. The zero-order chi connectivity index (χ0) is 56.9. The molecule has 4 aliphatic rings. The summed E-state index contributed by atoms with van der Waals surface area (Å²) in [6.07, 6.45) is -6.21. The molecule has 0 amide bonds. The number of hydrogen-bond acceptors (Lipinski definition) is 25. The Kier molecular flexibility index (Phi) is 17.7. The van der Waals surface area contributed by atoms with Gasteiger partial charge in [0, 0.05) is 24.0 Å². The van der Waals surface area contributed by atoms with Crippen molar-refractivity contribution in [1.82, 2.24) is 58.1 Å². The van der Waals surface area contributed by atoms with Gasteiger partial charge in [-0.2, -0.15) is 15.0 Å². The van der Waals surface area contributed by atoms with Crippen molar-refractivity contribution in [2.24, 2.45) is 0 Å². The molecule has 17 N–H and O–H groups in total. The molecule has 0 unspecified atom stereocenters. The second-order valence-corrected chi connectivity index (χ2v) is 16.7. The largest absolute Gasteiger partial charge is 0.394 e. The maximum atomic E-state index is 13.0. The Labute approximate surface area is 433 Å². The number of nitrogen functional groups attached to an aromatic ring is 3. The molecule has 0 bridgehead atoms. The average Bonchev–Trinajstić information content (AvgIpc) is 4.31. The highest BCUT2D eigenvalue weighted by molar-refractivity contribution is 5.71. The monoisotopic (exact) mass is 1090 g/mol. The molecule has 0 radical (unpaired) electrons. The van der Waals surface area contributed by atoms with Gasteiger partial charge >= 0.3 is 11.4 Å². The lowest BCUT2D eigenvalue weighted by molar-refractivity contribution is -0.0447. The smallest absolute Gasteiger partial charge is 0.351 e. The lowest BCUT2D eigenvalue weighted by Gasteiger charge is -2.14. The van der Waals surface area contributed by atoms with Crippen molar-refractivity contribution in [2.75, 3.05) is 43.6 Å². The van der Waals surface area contributed by atoms with Gasteiger partial charge in [-0.3, -0.25) is 47.6 Å². The standard InChI is InChI=1S/C12H13N5O4.C11H12FN5O4.C11H13N3O4.C11H12N2O5/c1-2-5-8(19)6(3-18)21-11(5)17-4-14-7-9(17)15-12(13)16-10(7)20;12-1-4-7(19)5(2-18)21-10(4)17-3-14-6-8(17)15-11(13)16-9(6)20;1-2-6-9(16)7(5-15)18-10(6)14-4-3-8(12)13-11(14)17;1-2-6-9(16)7(5-14)18-10(6)13-4-3-8(15)12-11(13)17/h4,6,8,11,18-19H,1,3H2,(H3,13,15,16,20);1,3,5,7,10,18-19H,2H2,(H3,13,15,16,20);3-4,7,9-10,15-16H,1,5H2,(H2,12,13,17);3-4,7,9-10,14,16H,1,5H2,(H,12,15,17)/t6-,8+,11-;5-,7+,10-;2*7-,9+,10-/m1111/s1. The molecular weight excluding hydrogens is 1040 g/mol. The Morgan fingerprint density at radius 3 is 1.38 bits per heavy atom. The van der Waals surface area contributed by atoms with Crippen molar-refractivity contribution in [3.63, 3.8) is 0 Å². The molecule has 32 nitrogen and oxygen atoms in total.